The van der Waals surface area contributed by atoms with Crippen molar-refractivity contribution >= 4 is 53.2 Å². The number of unbranched alkanes of at least 4 members (excludes halogenated alkanes) is 1. The maximum Gasteiger partial charge on any atom is 0.326 e. The van der Waals surface area contributed by atoms with Crippen molar-refractivity contribution in [2.75, 3.05) is 12.3 Å². The highest BCUT2D eigenvalue weighted by Gasteiger charge is 2.31. The lowest BCUT2D eigenvalue weighted by Gasteiger charge is -2.24. The van der Waals surface area contributed by atoms with E-state index in [9.17, 15) is 34.2 Å². The summed E-state index contributed by atoms with van der Waals surface area (Å²) in [6, 6.07) is 2.10. The number of nitrogens with two attached hydrogens (primary N) is 2. The van der Waals surface area contributed by atoms with Gasteiger partial charge in [-0.15, -0.1) is 0 Å². The Balaban J connectivity index is 2.09. The van der Waals surface area contributed by atoms with Crippen molar-refractivity contribution in [2.45, 2.75) is 56.3 Å². The van der Waals surface area contributed by atoms with Crippen LogP contribution in [0.25, 0.3) is 10.9 Å². The third-order valence-corrected chi connectivity index (χ3v) is 6.21. The number of hydrogen-bond acceptors (Lipinski definition) is 8. The summed E-state index contributed by atoms with van der Waals surface area (Å²) in [6.45, 7) is 0.452. The topological polar surface area (TPSA) is 230 Å². The standard InChI is InChI=1S/C24H34N6O7S/c25-8-4-3-6-15(26)21(33)30-19(12-38)23(35)28-17(10-20(31)32)22(34)29-18(24(36)37)9-13-11-27-16-7-2-1-5-14(13)16/h1-2,5,7,11,15,17-19,27,38H,3-4,6,8-10,12,25-26H2,(H,28,35)(H,29,34)(H,30,33)(H,31,32)(H,36,37). The summed E-state index contributed by atoms with van der Waals surface area (Å²) in [5.41, 5.74) is 12.7. The molecule has 10 N–H and O–H groups in total. The molecule has 0 radical (unpaired) electrons. The Morgan fingerprint density at radius 3 is 2.18 bits per heavy atom. The maximum atomic E-state index is 12.9. The second-order valence-electron chi connectivity index (χ2n) is 8.76. The fourth-order valence-electron chi connectivity index (χ4n) is 3.76. The van der Waals surface area contributed by atoms with E-state index in [0.29, 0.717) is 31.4 Å². The minimum absolute atomic E-state index is 0.0871. The van der Waals surface area contributed by atoms with Gasteiger partial charge in [-0.05, 0) is 31.0 Å². The lowest BCUT2D eigenvalue weighted by molar-refractivity contribution is -0.143. The molecule has 0 saturated heterocycles. The van der Waals surface area contributed by atoms with Crippen molar-refractivity contribution in [3.63, 3.8) is 0 Å². The number of thiol groups is 1. The summed E-state index contributed by atoms with van der Waals surface area (Å²) >= 11 is 4.06. The van der Waals surface area contributed by atoms with E-state index in [1.165, 1.54) is 0 Å². The Morgan fingerprint density at radius 2 is 1.55 bits per heavy atom. The number of hydrogen-bond donors (Lipinski definition) is 9. The first-order valence-electron chi connectivity index (χ1n) is 12.0. The van der Waals surface area contributed by atoms with Crippen molar-refractivity contribution < 1.29 is 34.2 Å². The number of carboxylic acids is 2. The number of carbonyl (C=O) groups is 5. The predicted octanol–water partition coefficient (Wildman–Crippen LogP) is -0.890. The summed E-state index contributed by atoms with van der Waals surface area (Å²) in [4.78, 5) is 64.4. The number of carbonyl (C=O) groups excluding carboxylic acids is 3. The first-order valence-corrected chi connectivity index (χ1v) is 12.7. The van der Waals surface area contributed by atoms with E-state index in [2.05, 4.69) is 33.6 Å². The van der Waals surface area contributed by atoms with E-state index in [4.69, 9.17) is 11.5 Å². The summed E-state index contributed by atoms with van der Waals surface area (Å²) in [7, 11) is 0. The van der Waals surface area contributed by atoms with Crippen molar-refractivity contribution in [3.8, 4) is 0 Å². The van der Waals surface area contributed by atoms with E-state index >= 15 is 0 Å². The number of para-hydroxylation sites is 1. The number of aromatic nitrogens is 1. The van der Waals surface area contributed by atoms with Crippen LogP contribution in [0.2, 0.25) is 0 Å². The van der Waals surface area contributed by atoms with Crippen LogP contribution in [0.15, 0.2) is 30.5 Å². The van der Waals surface area contributed by atoms with E-state index < -0.39 is 60.2 Å². The Morgan fingerprint density at radius 1 is 0.921 bits per heavy atom. The fourth-order valence-corrected chi connectivity index (χ4v) is 4.02. The second-order valence-corrected chi connectivity index (χ2v) is 9.12. The Kier molecular flexibility index (Phi) is 12.0. The van der Waals surface area contributed by atoms with E-state index in [1.54, 1.807) is 18.3 Å². The highest BCUT2D eigenvalue weighted by molar-refractivity contribution is 7.80. The van der Waals surface area contributed by atoms with Gasteiger partial charge in [-0.25, -0.2) is 4.79 Å². The molecule has 0 saturated carbocycles. The molecule has 2 rings (SSSR count). The highest BCUT2D eigenvalue weighted by atomic mass is 32.1. The molecule has 14 heteroatoms. The second kappa shape index (κ2) is 15.0. The first kappa shape index (κ1) is 30.6. The van der Waals surface area contributed by atoms with Crippen molar-refractivity contribution in [3.05, 3.63) is 36.0 Å². The summed E-state index contributed by atoms with van der Waals surface area (Å²) in [5.74, 6) is -5.38. The first-order chi connectivity index (χ1) is 18.1. The van der Waals surface area contributed by atoms with Gasteiger partial charge in [0.05, 0.1) is 12.5 Å². The molecule has 13 nitrogen and oxygen atoms in total. The molecule has 38 heavy (non-hydrogen) atoms. The number of nitrogens with one attached hydrogen (secondary N) is 4. The van der Waals surface area contributed by atoms with Gasteiger partial charge in [0.2, 0.25) is 17.7 Å². The van der Waals surface area contributed by atoms with Crippen LogP contribution in [0.1, 0.15) is 31.2 Å². The van der Waals surface area contributed by atoms with Crippen molar-refractivity contribution in [2.24, 2.45) is 11.5 Å². The van der Waals surface area contributed by atoms with Gasteiger partial charge in [0.25, 0.3) is 0 Å². The zero-order chi connectivity index (χ0) is 28.2. The minimum Gasteiger partial charge on any atom is -0.481 e. The molecule has 4 atom stereocenters. The van der Waals surface area contributed by atoms with E-state index in [0.717, 1.165) is 10.9 Å². The van der Waals surface area contributed by atoms with E-state index in [1.807, 2.05) is 12.1 Å². The third kappa shape index (κ3) is 9.04. The smallest absolute Gasteiger partial charge is 0.326 e. The normalized spacial score (nSPS) is 14.2. The Hall–Kier alpha value is -3.62. The van der Waals surface area contributed by atoms with Gasteiger partial charge in [-0.1, -0.05) is 24.6 Å². The molecule has 3 amide bonds. The number of benzene rings is 1. The lowest BCUT2D eigenvalue weighted by atomic mass is 10.0. The molecular weight excluding hydrogens is 516 g/mol. The zero-order valence-corrected chi connectivity index (χ0v) is 21.6. The largest absolute Gasteiger partial charge is 0.481 e. The molecule has 4 unspecified atom stereocenters. The number of amides is 3. The molecule has 0 aliphatic carbocycles. The summed E-state index contributed by atoms with van der Waals surface area (Å²) in [5, 5.41) is 26.8. The van der Waals surface area contributed by atoms with Crippen LogP contribution in [-0.4, -0.2) is 81.3 Å². The van der Waals surface area contributed by atoms with Gasteiger partial charge >= 0.3 is 11.9 Å². The van der Waals surface area contributed by atoms with Crippen LogP contribution in [0.5, 0.6) is 0 Å². The zero-order valence-electron chi connectivity index (χ0n) is 20.7. The van der Waals surface area contributed by atoms with Crippen LogP contribution in [0, 0.1) is 0 Å². The van der Waals surface area contributed by atoms with Crippen molar-refractivity contribution in [1.82, 2.24) is 20.9 Å². The average Bonchev–Trinajstić information content (AvgIpc) is 3.28. The van der Waals surface area contributed by atoms with E-state index in [-0.39, 0.29) is 12.2 Å². The average molecular weight is 551 g/mol. The summed E-state index contributed by atoms with van der Waals surface area (Å²) < 4.78 is 0. The van der Waals surface area contributed by atoms with Gasteiger partial charge < -0.3 is 42.6 Å². The molecule has 1 aromatic heterocycles. The van der Waals surface area contributed by atoms with Crippen LogP contribution < -0.4 is 27.4 Å². The molecule has 2 aromatic rings. The molecule has 0 aliphatic heterocycles. The molecule has 1 aromatic carbocycles. The molecule has 208 valence electrons. The number of aliphatic carboxylic acids is 2. The number of carboxylic acid groups (broad SMARTS) is 2. The van der Waals surface area contributed by atoms with Gasteiger partial charge in [-0.3, -0.25) is 19.2 Å². The predicted molar refractivity (Wildman–Crippen MR) is 142 cm³/mol. The number of fused-ring (bicyclic) bond motifs is 1. The number of aromatic amines is 1. The maximum absolute atomic E-state index is 12.9. The summed E-state index contributed by atoms with van der Waals surface area (Å²) in [6.07, 6.45) is 2.37. The molecule has 0 spiro atoms. The molecular formula is C24H34N6O7S. The van der Waals surface area contributed by atoms with Gasteiger partial charge in [0.1, 0.15) is 18.1 Å². The van der Waals surface area contributed by atoms with Crippen LogP contribution in [0.4, 0.5) is 0 Å². The minimum atomic E-state index is -1.61. The molecule has 0 aliphatic rings. The van der Waals surface area contributed by atoms with Crippen LogP contribution in [0.3, 0.4) is 0 Å². The number of H-pyrrole nitrogens is 1. The van der Waals surface area contributed by atoms with Gasteiger partial charge in [-0.2, -0.15) is 12.6 Å². The van der Waals surface area contributed by atoms with Gasteiger partial charge in [0, 0.05) is 29.3 Å². The Labute approximate surface area is 224 Å². The Bertz CT molecular complexity index is 1140. The highest BCUT2D eigenvalue weighted by Crippen LogP contribution is 2.19. The SMILES string of the molecule is NCCCCC(N)C(=O)NC(CS)C(=O)NC(CC(=O)O)C(=O)NC(Cc1c[nH]c2ccccc12)C(=O)O. The van der Waals surface area contributed by atoms with Crippen LogP contribution in [-0.2, 0) is 30.4 Å². The number of rotatable bonds is 16. The quantitative estimate of drug-likeness (QED) is 0.0931. The third-order valence-electron chi connectivity index (χ3n) is 5.85. The van der Waals surface area contributed by atoms with Crippen molar-refractivity contribution in [1.29, 1.82) is 0 Å². The van der Waals surface area contributed by atoms with Gasteiger partial charge in [0.15, 0.2) is 0 Å². The molecule has 0 bridgehead atoms. The monoisotopic (exact) mass is 550 g/mol. The van der Waals surface area contributed by atoms with Crippen LogP contribution >= 0.6 is 12.6 Å². The fraction of sp³-hybridized carbons (Fsp3) is 0.458. The lowest BCUT2D eigenvalue weighted by Crippen LogP contribution is -2.58. The molecule has 0 fully saturated rings. The molecule has 1 heterocycles.